The van der Waals surface area contributed by atoms with Gasteiger partial charge in [-0.1, -0.05) is 50.3 Å². The molecule has 1 aliphatic carbocycles. The fraction of sp³-hybridized carbons (Fsp3) is 0.632. The highest BCUT2D eigenvalue weighted by Gasteiger charge is 2.27. The van der Waals surface area contributed by atoms with Crippen LogP contribution in [0.2, 0.25) is 0 Å². The number of hydrogen-bond donors (Lipinski definition) is 0. The molecule has 22 heavy (non-hydrogen) atoms. The Labute approximate surface area is 134 Å². The van der Waals surface area contributed by atoms with Gasteiger partial charge in [0.15, 0.2) is 0 Å². The number of piperazine rings is 1. The first-order chi connectivity index (χ1) is 10.8. The topological polar surface area (TPSA) is 23.6 Å². The summed E-state index contributed by atoms with van der Waals surface area (Å²) in [4.78, 5) is 17.3. The van der Waals surface area contributed by atoms with Gasteiger partial charge in [-0.05, 0) is 25.0 Å². The van der Waals surface area contributed by atoms with E-state index in [-0.39, 0.29) is 0 Å². The zero-order valence-electron chi connectivity index (χ0n) is 13.5. The molecule has 1 aromatic rings. The number of rotatable bonds is 2. The van der Waals surface area contributed by atoms with Crippen molar-refractivity contribution in [2.24, 2.45) is 5.92 Å². The van der Waals surface area contributed by atoms with Crippen LogP contribution in [-0.4, -0.2) is 37.0 Å². The van der Waals surface area contributed by atoms with Crippen molar-refractivity contribution >= 4 is 11.6 Å². The third kappa shape index (κ3) is 3.82. The molecule has 1 heterocycles. The van der Waals surface area contributed by atoms with Crippen molar-refractivity contribution in [3.8, 4) is 0 Å². The quantitative estimate of drug-likeness (QED) is 0.831. The molecule has 1 amide bonds. The Balaban J connectivity index is 1.53. The number of para-hydroxylation sites is 1. The van der Waals surface area contributed by atoms with Gasteiger partial charge < -0.3 is 9.80 Å². The summed E-state index contributed by atoms with van der Waals surface area (Å²) in [7, 11) is 0. The Morgan fingerprint density at radius 1 is 0.818 bits per heavy atom. The maximum absolute atomic E-state index is 12.8. The lowest BCUT2D eigenvalue weighted by Gasteiger charge is -2.38. The highest BCUT2D eigenvalue weighted by molar-refractivity contribution is 5.79. The number of nitrogens with zero attached hydrogens (tertiary/aromatic N) is 2. The van der Waals surface area contributed by atoms with Gasteiger partial charge >= 0.3 is 0 Å². The standard InChI is InChI=1S/C19H28N2O/c22-19(17-9-5-2-1-3-6-10-17)21-15-13-20(14-16-21)18-11-7-4-8-12-18/h4,7-8,11-12,17H,1-3,5-6,9-10,13-16H2. The lowest BCUT2D eigenvalue weighted by molar-refractivity contribution is -0.136. The Bertz CT molecular complexity index is 458. The maximum atomic E-state index is 12.8. The predicted octanol–water partition coefficient (Wildman–Crippen LogP) is 3.70. The van der Waals surface area contributed by atoms with Gasteiger partial charge in [-0.3, -0.25) is 4.79 Å². The van der Waals surface area contributed by atoms with Gasteiger partial charge in [0.1, 0.15) is 0 Å². The van der Waals surface area contributed by atoms with Crippen molar-refractivity contribution in [3.63, 3.8) is 0 Å². The molecule has 0 spiro atoms. The van der Waals surface area contributed by atoms with E-state index in [0.29, 0.717) is 11.8 Å². The molecule has 0 radical (unpaired) electrons. The third-order valence-electron chi connectivity index (χ3n) is 5.17. The van der Waals surface area contributed by atoms with Gasteiger partial charge in [0.25, 0.3) is 0 Å². The van der Waals surface area contributed by atoms with E-state index in [1.807, 2.05) is 0 Å². The van der Waals surface area contributed by atoms with Crippen molar-refractivity contribution in [3.05, 3.63) is 30.3 Å². The summed E-state index contributed by atoms with van der Waals surface area (Å²) in [5, 5.41) is 0. The zero-order chi connectivity index (χ0) is 15.2. The molecule has 0 unspecified atom stereocenters. The Kier molecular flexibility index (Phi) is 5.36. The number of amides is 1. The SMILES string of the molecule is O=C(C1CCCCCCC1)N1CCN(c2ccccc2)CC1. The maximum Gasteiger partial charge on any atom is 0.225 e. The molecular formula is C19H28N2O. The molecule has 0 bridgehead atoms. The van der Waals surface area contributed by atoms with Crippen molar-refractivity contribution in [1.82, 2.24) is 4.90 Å². The van der Waals surface area contributed by atoms with E-state index < -0.39 is 0 Å². The molecule has 2 fully saturated rings. The Morgan fingerprint density at radius 2 is 1.41 bits per heavy atom. The van der Waals surface area contributed by atoms with Crippen LogP contribution in [0.25, 0.3) is 0 Å². The minimum absolute atomic E-state index is 0.295. The molecule has 0 aromatic heterocycles. The monoisotopic (exact) mass is 300 g/mol. The Morgan fingerprint density at radius 3 is 2.05 bits per heavy atom. The Hall–Kier alpha value is -1.51. The van der Waals surface area contributed by atoms with E-state index in [2.05, 4.69) is 40.1 Å². The number of anilines is 1. The molecular weight excluding hydrogens is 272 g/mol. The van der Waals surface area contributed by atoms with Crippen LogP contribution < -0.4 is 4.90 Å². The van der Waals surface area contributed by atoms with Crippen molar-refractivity contribution in [2.45, 2.75) is 44.9 Å². The molecule has 1 aromatic carbocycles. The van der Waals surface area contributed by atoms with E-state index in [9.17, 15) is 4.79 Å². The van der Waals surface area contributed by atoms with E-state index >= 15 is 0 Å². The summed E-state index contributed by atoms with van der Waals surface area (Å²) in [6.07, 6.45) is 8.67. The summed E-state index contributed by atoms with van der Waals surface area (Å²) in [6.45, 7) is 3.68. The molecule has 3 rings (SSSR count). The predicted molar refractivity (Wildman–Crippen MR) is 91.0 cm³/mol. The molecule has 1 aliphatic heterocycles. The molecule has 3 nitrogen and oxygen atoms in total. The third-order valence-corrected chi connectivity index (χ3v) is 5.17. The van der Waals surface area contributed by atoms with Crippen LogP contribution in [0.4, 0.5) is 5.69 Å². The molecule has 0 N–H and O–H groups in total. The molecule has 2 aliphatic rings. The minimum atomic E-state index is 0.295. The van der Waals surface area contributed by atoms with Crippen LogP contribution in [0, 0.1) is 5.92 Å². The first-order valence-corrected chi connectivity index (χ1v) is 8.93. The summed E-state index contributed by atoms with van der Waals surface area (Å²) in [5.41, 5.74) is 1.28. The fourth-order valence-corrected chi connectivity index (χ4v) is 3.79. The highest BCUT2D eigenvalue weighted by atomic mass is 16.2. The van der Waals surface area contributed by atoms with Crippen LogP contribution in [0.1, 0.15) is 44.9 Å². The van der Waals surface area contributed by atoms with E-state index in [1.165, 1.54) is 37.8 Å². The van der Waals surface area contributed by atoms with Gasteiger partial charge in [0.2, 0.25) is 5.91 Å². The van der Waals surface area contributed by atoms with Crippen LogP contribution in [0.3, 0.4) is 0 Å². The fourth-order valence-electron chi connectivity index (χ4n) is 3.79. The molecule has 3 heteroatoms. The van der Waals surface area contributed by atoms with Gasteiger partial charge in [-0.25, -0.2) is 0 Å². The molecule has 0 atom stereocenters. The first kappa shape index (κ1) is 15.4. The normalized spacial score (nSPS) is 21.3. The minimum Gasteiger partial charge on any atom is -0.368 e. The van der Waals surface area contributed by atoms with Gasteiger partial charge in [0, 0.05) is 37.8 Å². The van der Waals surface area contributed by atoms with Gasteiger partial charge in [0.05, 0.1) is 0 Å². The zero-order valence-corrected chi connectivity index (χ0v) is 13.5. The second-order valence-electron chi connectivity index (χ2n) is 6.69. The summed E-state index contributed by atoms with van der Waals surface area (Å²) >= 11 is 0. The average Bonchev–Trinajstić information content (AvgIpc) is 2.55. The van der Waals surface area contributed by atoms with Gasteiger partial charge in [-0.15, -0.1) is 0 Å². The van der Waals surface area contributed by atoms with Crippen molar-refractivity contribution in [1.29, 1.82) is 0 Å². The van der Waals surface area contributed by atoms with Crippen molar-refractivity contribution < 1.29 is 4.79 Å². The lowest BCUT2D eigenvalue weighted by Crippen LogP contribution is -2.50. The van der Waals surface area contributed by atoms with Crippen LogP contribution in [0.5, 0.6) is 0 Å². The van der Waals surface area contributed by atoms with E-state index in [0.717, 1.165) is 39.0 Å². The summed E-state index contributed by atoms with van der Waals surface area (Å²) in [5.74, 6) is 0.721. The molecule has 1 saturated carbocycles. The second kappa shape index (κ2) is 7.66. The number of benzene rings is 1. The van der Waals surface area contributed by atoms with Gasteiger partial charge in [-0.2, -0.15) is 0 Å². The molecule has 1 saturated heterocycles. The van der Waals surface area contributed by atoms with Crippen LogP contribution in [0.15, 0.2) is 30.3 Å². The highest BCUT2D eigenvalue weighted by Crippen LogP contribution is 2.25. The second-order valence-corrected chi connectivity index (χ2v) is 6.69. The number of hydrogen-bond acceptors (Lipinski definition) is 2. The van der Waals surface area contributed by atoms with Crippen molar-refractivity contribution in [2.75, 3.05) is 31.1 Å². The summed E-state index contributed by atoms with van der Waals surface area (Å²) < 4.78 is 0. The number of carbonyl (C=O) groups excluding carboxylic acids is 1. The smallest absolute Gasteiger partial charge is 0.225 e. The van der Waals surface area contributed by atoms with E-state index in [4.69, 9.17) is 0 Å². The largest absolute Gasteiger partial charge is 0.368 e. The average molecular weight is 300 g/mol. The molecule has 120 valence electrons. The van der Waals surface area contributed by atoms with E-state index in [1.54, 1.807) is 0 Å². The van der Waals surface area contributed by atoms with Crippen LogP contribution >= 0.6 is 0 Å². The lowest BCUT2D eigenvalue weighted by atomic mass is 9.90. The first-order valence-electron chi connectivity index (χ1n) is 8.93. The summed E-state index contributed by atoms with van der Waals surface area (Å²) in [6, 6.07) is 10.5. The van der Waals surface area contributed by atoms with Crippen LogP contribution in [-0.2, 0) is 4.79 Å². The number of carbonyl (C=O) groups is 1.